The smallest absolute Gasteiger partial charge is 0.110 e. The van der Waals surface area contributed by atoms with Crippen molar-refractivity contribution in [1.82, 2.24) is 9.55 Å². The summed E-state index contributed by atoms with van der Waals surface area (Å²) in [6.07, 6.45) is 3.22. The summed E-state index contributed by atoms with van der Waals surface area (Å²) in [6.45, 7) is 3.89. The van der Waals surface area contributed by atoms with Gasteiger partial charge in [0.2, 0.25) is 0 Å². The number of fused-ring (bicyclic) bond motifs is 1. The topological polar surface area (TPSA) is 50.8 Å². The van der Waals surface area contributed by atoms with E-state index in [0.29, 0.717) is 11.5 Å². The zero-order valence-electron chi connectivity index (χ0n) is 15.1. The lowest BCUT2D eigenvalue weighted by molar-refractivity contribution is 0.0540. The average molecular weight is 345 g/mol. The van der Waals surface area contributed by atoms with Crippen LogP contribution in [0, 0.1) is 17.2 Å². The van der Waals surface area contributed by atoms with Crippen molar-refractivity contribution in [2.24, 2.45) is 5.92 Å². The molecule has 1 aliphatic heterocycles. The lowest BCUT2D eigenvalue weighted by Crippen LogP contribution is -2.22. The predicted octanol–water partition coefficient (Wildman–Crippen LogP) is 4.49. The largest absolute Gasteiger partial charge is 0.381 e. The van der Waals surface area contributed by atoms with Crippen LogP contribution < -0.4 is 0 Å². The SMILES string of the molecule is C[C@@H](c1ccccc1)n1c(CC2CCCOC2)nc2ccc(C#N)cc21. The first-order valence-corrected chi connectivity index (χ1v) is 9.30. The zero-order valence-corrected chi connectivity index (χ0v) is 15.1. The quantitative estimate of drug-likeness (QED) is 0.700. The number of aromatic nitrogens is 2. The Bertz CT molecular complexity index is 933. The molecule has 0 aliphatic carbocycles. The number of hydrogen-bond donors (Lipinski definition) is 0. The molecule has 3 aromatic rings. The predicted molar refractivity (Wildman–Crippen MR) is 102 cm³/mol. The molecule has 0 bridgehead atoms. The van der Waals surface area contributed by atoms with Gasteiger partial charge >= 0.3 is 0 Å². The molecule has 4 nitrogen and oxygen atoms in total. The van der Waals surface area contributed by atoms with Gasteiger partial charge in [-0.3, -0.25) is 0 Å². The van der Waals surface area contributed by atoms with E-state index in [1.807, 2.05) is 24.3 Å². The van der Waals surface area contributed by atoms with Gasteiger partial charge in [-0.05, 0) is 49.4 Å². The maximum Gasteiger partial charge on any atom is 0.110 e. The normalized spacial score (nSPS) is 18.5. The van der Waals surface area contributed by atoms with Crippen LogP contribution >= 0.6 is 0 Å². The van der Waals surface area contributed by atoms with E-state index in [2.05, 4.69) is 41.8 Å². The number of ether oxygens (including phenoxy) is 1. The molecule has 2 aromatic carbocycles. The molecule has 0 saturated carbocycles. The maximum absolute atomic E-state index is 9.32. The molecular weight excluding hydrogens is 322 g/mol. The van der Waals surface area contributed by atoms with E-state index in [1.165, 1.54) is 12.0 Å². The fourth-order valence-corrected chi connectivity index (χ4v) is 3.90. The van der Waals surface area contributed by atoms with Gasteiger partial charge in [-0.1, -0.05) is 30.3 Å². The van der Waals surface area contributed by atoms with Gasteiger partial charge in [0, 0.05) is 19.6 Å². The molecule has 1 fully saturated rings. The number of nitrogens with zero attached hydrogens (tertiary/aromatic N) is 3. The van der Waals surface area contributed by atoms with Crippen LogP contribution in [0.3, 0.4) is 0 Å². The number of imidazole rings is 1. The van der Waals surface area contributed by atoms with Crippen LogP contribution in [0.15, 0.2) is 48.5 Å². The Morgan fingerprint density at radius 1 is 1.27 bits per heavy atom. The molecule has 4 rings (SSSR count). The van der Waals surface area contributed by atoms with Gasteiger partial charge in [-0.2, -0.15) is 5.26 Å². The minimum Gasteiger partial charge on any atom is -0.381 e. The Morgan fingerprint density at radius 2 is 2.12 bits per heavy atom. The summed E-state index contributed by atoms with van der Waals surface area (Å²) in [7, 11) is 0. The van der Waals surface area contributed by atoms with Crippen molar-refractivity contribution < 1.29 is 4.74 Å². The van der Waals surface area contributed by atoms with E-state index in [4.69, 9.17) is 9.72 Å². The average Bonchev–Trinajstić information content (AvgIpc) is 3.05. The Hall–Kier alpha value is -2.64. The molecule has 0 N–H and O–H groups in total. The van der Waals surface area contributed by atoms with E-state index < -0.39 is 0 Å². The van der Waals surface area contributed by atoms with E-state index in [-0.39, 0.29) is 6.04 Å². The monoisotopic (exact) mass is 345 g/mol. The standard InChI is InChI=1S/C22H23N3O/c1-16(19-7-3-2-4-8-19)25-21-12-17(14-23)9-10-20(21)24-22(25)13-18-6-5-11-26-15-18/h2-4,7-10,12,16,18H,5-6,11,13,15H2,1H3/t16-,18?/m0/s1. The molecule has 1 aliphatic rings. The summed E-state index contributed by atoms with van der Waals surface area (Å²) in [4.78, 5) is 4.93. The van der Waals surface area contributed by atoms with Crippen molar-refractivity contribution >= 4 is 11.0 Å². The highest BCUT2D eigenvalue weighted by molar-refractivity contribution is 5.78. The van der Waals surface area contributed by atoms with Crippen molar-refractivity contribution in [3.8, 4) is 6.07 Å². The van der Waals surface area contributed by atoms with Crippen molar-refractivity contribution in [3.63, 3.8) is 0 Å². The van der Waals surface area contributed by atoms with Crippen molar-refractivity contribution in [2.45, 2.75) is 32.2 Å². The van der Waals surface area contributed by atoms with Crippen LogP contribution in [-0.2, 0) is 11.2 Å². The van der Waals surface area contributed by atoms with E-state index in [0.717, 1.165) is 42.9 Å². The molecular formula is C22H23N3O. The Morgan fingerprint density at radius 3 is 2.85 bits per heavy atom. The molecule has 1 saturated heterocycles. The lowest BCUT2D eigenvalue weighted by Gasteiger charge is -2.24. The van der Waals surface area contributed by atoms with E-state index in [9.17, 15) is 5.26 Å². The second-order valence-electron chi connectivity index (χ2n) is 7.09. The molecule has 0 radical (unpaired) electrons. The molecule has 26 heavy (non-hydrogen) atoms. The molecule has 0 spiro atoms. The summed E-state index contributed by atoms with van der Waals surface area (Å²) in [5, 5.41) is 9.32. The molecule has 1 aromatic heterocycles. The highest BCUT2D eigenvalue weighted by atomic mass is 16.5. The number of rotatable bonds is 4. The fourth-order valence-electron chi connectivity index (χ4n) is 3.90. The summed E-state index contributed by atoms with van der Waals surface area (Å²) in [5.74, 6) is 1.60. The number of benzene rings is 2. The molecule has 4 heteroatoms. The van der Waals surface area contributed by atoms with Gasteiger partial charge in [0.1, 0.15) is 5.82 Å². The second kappa shape index (κ2) is 7.31. The third kappa shape index (κ3) is 3.23. The van der Waals surface area contributed by atoms with Crippen LogP contribution in [0.4, 0.5) is 0 Å². The number of nitriles is 1. The third-order valence-corrected chi connectivity index (χ3v) is 5.29. The van der Waals surface area contributed by atoms with Crippen molar-refractivity contribution in [1.29, 1.82) is 5.26 Å². The first-order chi connectivity index (χ1) is 12.8. The highest BCUT2D eigenvalue weighted by Gasteiger charge is 2.22. The van der Waals surface area contributed by atoms with Crippen LogP contribution in [0.1, 0.15) is 42.8 Å². The Kier molecular flexibility index (Phi) is 4.73. The first kappa shape index (κ1) is 16.8. The molecule has 1 unspecified atom stereocenters. The van der Waals surface area contributed by atoms with Crippen LogP contribution in [0.25, 0.3) is 11.0 Å². The summed E-state index contributed by atoms with van der Waals surface area (Å²) < 4.78 is 7.98. The first-order valence-electron chi connectivity index (χ1n) is 9.30. The summed E-state index contributed by atoms with van der Waals surface area (Å²) in [6, 6.07) is 18.7. The summed E-state index contributed by atoms with van der Waals surface area (Å²) >= 11 is 0. The fraction of sp³-hybridized carbons (Fsp3) is 0.364. The maximum atomic E-state index is 9.32. The summed E-state index contributed by atoms with van der Waals surface area (Å²) in [5.41, 5.74) is 3.91. The van der Waals surface area contributed by atoms with Crippen molar-refractivity contribution in [3.05, 3.63) is 65.5 Å². The minimum absolute atomic E-state index is 0.162. The zero-order chi connectivity index (χ0) is 17.9. The lowest BCUT2D eigenvalue weighted by atomic mass is 9.98. The van der Waals surface area contributed by atoms with Gasteiger partial charge in [-0.15, -0.1) is 0 Å². The van der Waals surface area contributed by atoms with Crippen LogP contribution in [0.2, 0.25) is 0 Å². The Balaban J connectivity index is 1.80. The molecule has 0 amide bonds. The van der Waals surface area contributed by atoms with E-state index >= 15 is 0 Å². The van der Waals surface area contributed by atoms with Gasteiger partial charge in [0.15, 0.2) is 0 Å². The Labute approximate surface area is 154 Å². The van der Waals surface area contributed by atoms with Crippen LogP contribution in [0.5, 0.6) is 0 Å². The highest BCUT2D eigenvalue weighted by Crippen LogP contribution is 2.29. The second-order valence-corrected chi connectivity index (χ2v) is 7.09. The van der Waals surface area contributed by atoms with Gasteiger partial charge in [-0.25, -0.2) is 4.98 Å². The van der Waals surface area contributed by atoms with Gasteiger partial charge in [0.05, 0.1) is 28.7 Å². The van der Waals surface area contributed by atoms with Gasteiger partial charge < -0.3 is 9.30 Å². The van der Waals surface area contributed by atoms with Crippen molar-refractivity contribution in [2.75, 3.05) is 13.2 Å². The number of hydrogen-bond acceptors (Lipinski definition) is 3. The third-order valence-electron chi connectivity index (χ3n) is 5.29. The molecule has 132 valence electrons. The van der Waals surface area contributed by atoms with Crippen LogP contribution in [-0.4, -0.2) is 22.8 Å². The minimum atomic E-state index is 0.162. The van der Waals surface area contributed by atoms with E-state index in [1.54, 1.807) is 0 Å². The van der Waals surface area contributed by atoms with Gasteiger partial charge in [0.25, 0.3) is 0 Å². The molecule has 2 heterocycles. The molecule has 2 atom stereocenters.